The number of benzene rings is 1. The predicted molar refractivity (Wildman–Crippen MR) is 92.2 cm³/mol. The first-order valence-electron chi connectivity index (χ1n) is 8.82. The summed E-state index contributed by atoms with van der Waals surface area (Å²) in [6.07, 6.45) is -1.85. The lowest BCUT2D eigenvalue weighted by atomic mass is 9.97. The highest BCUT2D eigenvalue weighted by molar-refractivity contribution is 5.95. The van der Waals surface area contributed by atoms with Crippen molar-refractivity contribution in [2.45, 2.75) is 51.2 Å². The molecule has 2 unspecified atom stereocenters. The fourth-order valence-corrected chi connectivity index (χ4v) is 3.34. The number of aliphatic hydroxyl groups excluding tert-OH is 1. The molecule has 2 fully saturated rings. The van der Waals surface area contributed by atoms with E-state index < -0.39 is 35.9 Å². The first-order chi connectivity index (χ1) is 12.3. The summed E-state index contributed by atoms with van der Waals surface area (Å²) in [4.78, 5) is 26.1. The summed E-state index contributed by atoms with van der Waals surface area (Å²) in [5.74, 6) is -2.08. The van der Waals surface area contributed by atoms with Crippen molar-refractivity contribution in [3.05, 3.63) is 35.9 Å². The van der Waals surface area contributed by atoms with E-state index in [1.54, 1.807) is 20.8 Å². The van der Waals surface area contributed by atoms with Crippen molar-refractivity contribution in [3.8, 4) is 0 Å². The zero-order valence-corrected chi connectivity index (χ0v) is 15.3. The number of ether oxygens (including phenoxy) is 3. The number of carbonyl (C=O) groups is 2. The molecule has 26 heavy (non-hydrogen) atoms. The van der Waals surface area contributed by atoms with Crippen molar-refractivity contribution in [2.75, 3.05) is 13.2 Å². The lowest BCUT2D eigenvalue weighted by Gasteiger charge is -2.28. The van der Waals surface area contributed by atoms with Gasteiger partial charge in [-0.25, -0.2) is 9.69 Å². The van der Waals surface area contributed by atoms with Gasteiger partial charge < -0.3 is 19.3 Å². The van der Waals surface area contributed by atoms with E-state index in [2.05, 4.69) is 0 Å². The molecular weight excluding hydrogens is 338 g/mol. The van der Waals surface area contributed by atoms with Crippen molar-refractivity contribution in [2.24, 2.45) is 5.92 Å². The Kier molecular flexibility index (Phi) is 5.32. The van der Waals surface area contributed by atoms with Crippen LogP contribution in [0.25, 0.3) is 0 Å². The Morgan fingerprint density at radius 2 is 2.00 bits per heavy atom. The Morgan fingerprint density at radius 1 is 1.31 bits per heavy atom. The summed E-state index contributed by atoms with van der Waals surface area (Å²) in [7, 11) is 0. The third kappa shape index (κ3) is 3.90. The maximum Gasteiger partial charge on any atom is 0.416 e. The molecule has 1 aromatic carbocycles. The Morgan fingerprint density at radius 3 is 2.62 bits per heavy atom. The van der Waals surface area contributed by atoms with Crippen molar-refractivity contribution in [1.29, 1.82) is 0 Å². The van der Waals surface area contributed by atoms with Gasteiger partial charge in [0, 0.05) is 0 Å². The van der Waals surface area contributed by atoms with Crippen LogP contribution in [-0.2, 0) is 25.4 Å². The molecule has 142 valence electrons. The fraction of sp³-hybridized carbons (Fsp3) is 0.579. The molecule has 2 amide bonds. The fourth-order valence-electron chi connectivity index (χ4n) is 3.34. The third-order valence-corrected chi connectivity index (χ3v) is 4.83. The molecule has 0 aromatic heterocycles. The van der Waals surface area contributed by atoms with Gasteiger partial charge >= 0.3 is 6.09 Å². The Bertz CT molecular complexity index is 661. The largest absolute Gasteiger partial charge is 0.447 e. The molecule has 0 radical (unpaired) electrons. The van der Waals surface area contributed by atoms with Crippen LogP contribution in [0.15, 0.2) is 30.3 Å². The van der Waals surface area contributed by atoms with Crippen LogP contribution >= 0.6 is 0 Å². The minimum absolute atomic E-state index is 0.151. The Hall–Kier alpha value is -1.96. The number of hydrogen-bond donors (Lipinski definition) is 1. The molecule has 2 aliphatic heterocycles. The van der Waals surface area contributed by atoms with Crippen LogP contribution in [0.5, 0.6) is 0 Å². The van der Waals surface area contributed by atoms with E-state index in [1.165, 1.54) is 0 Å². The normalized spacial score (nSPS) is 27.2. The molecular formula is C19H25NO6. The summed E-state index contributed by atoms with van der Waals surface area (Å²) in [6.45, 7) is 5.44. The molecule has 2 aliphatic rings. The molecule has 2 heterocycles. The standard InChI is InChI=1S/C19H25NO6/c1-12(16(21)15-11-25-19(2,3)26-15)17(22)20-14(10-24-18(20)23)9-13-7-5-4-6-8-13/h4-8,12,14-16,21H,9-11H2,1-3H3/t12-,14?,15?,16-/m1/s1. The van der Waals surface area contributed by atoms with Gasteiger partial charge in [-0.1, -0.05) is 37.3 Å². The van der Waals surface area contributed by atoms with E-state index in [0.717, 1.165) is 10.5 Å². The summed E-state index contributed by atoms with van der Waals surface area (Å²) >= 11 is 0. The van der Waals surface area contributed by atoms with Crippen LogP contribution in [0.1, 0.15) is 26.3 Å². The van der Waals surface area contributed by atoms with Crippen LogP contribution in [0.2, 0.25) is 0 Å². The van der Waals surface area contributed by atoms with E-state index in [-0.39, 0.29) is 19.3 Å². The summed E-state index contributed by atoms with van der Waals surface area (Å²) in [5.41, 5.74) is 1.01. The number of cyclic esters (lactones) is 1. The molecule has 0 spiro atoms. The van der Waals surface area contributed by atoms with Gasteiger partial charge in [-0.3, -0.25) is 4.79 Å². The highest BCUT2D eigenvalue weighted by Crippen LogP contribution is 2.28. The molecule has 4 atom stereocenters. The third-order valence-electron chi connectivity index (χ3n) is 4.83. The van der Waals surface area contributed by atoms with Gasteiger partial charge in [0.05, 0.1) is 24.7 Å². The maximum atomic E-state index is 12.9. The lowest BCUT2D eigenvalue weighted by Crippen LogP contribution is -2.48. The van der Waals surface area contributed by atoms with Crippen molar-refractivity contribution >= 4 is 12.0 Å². The van der Waals surface area contributed by atoms with Crippen LogP contribution in [0.3, 0.4) is 0 Å². The smallest absolute Gasteiger partial charge is 0.416 e. The SMILES string of the molecule is C[C@@H](C(=O)N1C(=O)OCC1Cc1ccccc1)[C@@H](O)C1COC(C)(C)O1. The van der Waals surface area contributed by atoms with E-state index >= 15 is 0 Å². The molecule has 0 aliphatic carbocycles. The monoisotopic (exact) mass is 363 g/mol. The minimum Gasteiger partial charge on any atom is -0.447 e. The Labute approximate surface area is 152 Å². The lowest BCUT2D eigenvalue weighted by molar-refractivity contribution is -0.161. The van der Waals surface area contributed by atoms with Crippen LogP contribution in [0.4, 0.5) is 4.79 Å². The highest BCUT2D eigenvalue weighted by atomic mass is 16.7. The van der Waals surface area contributed by atoms with Crippen LogP contribution in [-0.4, -0.2) is 59.3 Å². The van der Waals surface area contributed by atoms with Gasteiger partial charge in [-0.2, -0.15) is 0 Å². The quantitative estimate of drug-likeness (QED) is 0.857. The van der Waals surface area contributed by atoms with Crippen LogP contribution in [0, 0.1) is 5.92 Å². The maximum absolute atomic E-state index is 12.9. The molecule has 1 aromatic rings. The Balaban J connectivity index is 1.69. The average molecular weight is 363 g/mol. The predicted octanol–water partition coefficient (Wildman–Crippen LogP) is 1.72. The van der Waals surface area contributed by atoms with Gasteiger partial charge in [0.25, 0.3) is 0 Å². The average Bonchev–Trinajstić information content (AvgIpc) is 3.16. The second kappa shape index (κ2) is 7.34. The van der Waals surface area contributed by atoms with E-state index in [4.69, 9.17) is 14.2 Å². The van der Waals surface area contributed by atoms with Gasteiger partial charge in [0.15, 0.2) is 5.79 Å². The molecule has 1 N–H and O–H groups in total. The minimum atomic E-state index is -1.07. The van der Waals surface area contributed by atoms with Crippen molar-refractivity contribution in [3.63, 3.8) is 0 Å². The van der Waals surface area contributed by atoms with Crippen LogP contribution < -0.4 is 0 Å². The van der Waals surface area contributed by atoms with E-state index in [1.807, 2.05) is 30.3 Å². The molecule has 0 bridgehead atoms. The number of rotatable bonds is 5. The number of nitrogens with zero attached hydrogens (tertiary/aromatic N) is 1. The zero-order chi connectivity index (χ0) is 18.9. The number of amides is 2. The second-order valence-corrected chi connectivity index (χ2v) is 7.28. The summed E-state index contributed by atoms with van der Waals surface area (Å²) < 4.78 is 16.2. The summed E-state index contributed by atoms with van der Waals surface area (Å²) in [6, 6.07) is 9.22. The van der Waals surface area contributed by atoms with Crippen molar-refractivity contribution in [1.82, 2.24) is 4.90 Å². The van der Waals surface area contributed by atoms with Crippen molar-refractivity contribution < 1.29 is 28.9 Å². The van der Waals surface area contributed by atoms with Gasteiger partial charge in [-0.15, -0.1) is 0 Å². The first-order valence-corrected chi connectivity index (χ1v) is 8.82. The zero-order valence-electron chi connectivity index (χ0n) is 15.3. The molecule has 0 saturated carbocycles. The topological polar surface area (TPSA) is 85.3 Å². The molecule has 7 nitrogen and oxygen atoms in total. The van der Waals surface area contributed by atoms with Gasteiger partial charge in [0.1, 0.15) is 12.7 Å². The number of carbonyl (C=O) groups excluding carboxylic acids is 2. The summed E-state index contributed by atoms with van der Waals surface area (Å²) in [5, 5.41) is 10.5. The van der Waals surface area contributed by atoms with Gasteiger partial charge in [-0.05, 0) is 25.8 Å². The number of aliphatic hydroxyl groups is 1. The first kappa shape index (κ1) is 18.8. The highest BCUT2D eigenvalue weighted by Gasteiger charge is 2.45. The molecule has 2 saturated heterocycles. The van der Waals surface area contributed by atoms with E-state index in [0.29, 0.717) is 6.42 Å². The number of hydrogen-bond acceptors (Lipinski definition) is 6. The molecule has 3 rings (SSSR count). The second-order valence-electron chi connectivity index (χ2n) is 7.28. The number of imide groups is 1. The van der Waals surface area contributed by atoms with E-state index in [9.17, 15) is 14.7 Å². The molecule has 7 heteroatoms. The van der Waals surface area contributed by atoms with Gasteiger partial charge in [0.2, 0.25) is 5.91 Å².